The third-order valence-corrected chi connectivity index (χ3v) is 3.70. The SMILES string of the molecule is O=C(NCc1ccco1)c1ccc(COc2cc(Cl)ccc2Cl)o1. The minimum Gasteiger partial charge on any atom is -0.484 e. The number of hydrogen-bond acceptors (Lipinski definition) is 4. The van der Waals surface area contributed by atoms with Crippen LogP contribution in [0.25, 0.3) is 0 Å². The highest BCUT2D eigenvalue weighted by molar-refractivity contribution is 6.34. The van der Waals surface area contributed by atoms with Gasteiger partial charge in [-0.3, -0.25) is 4.79 Å². The van der Waals surface area contributed by atoms with Crippen molar-refractivity contribution < 1.29 is 18.4 Å². The second-order valence-corrected chi connectivity index (χ2v) is 5.74. The number of hydrogen-bond donors (Lipinski definition) is 1. The molecule has 0 atom stereocenters. The molecule has 0 saturated carbocycles. The van der Waals surface area contributed by atoms with Gasteiger partial charge in [-0.2, -0.15) is 0 Å². The fourth-order valence-electron chi connectivity index (χ4n) is 1.98. The summed E-state index contributed by atoms with van der Waals surface area (Å²) in [7, 11) is 0. The van der Waals surface area contributed by atoms with E-state index >= 15 is 0 Å². The highest BCUT2D eigenvalue weighted by Crippen LogP contribution is 2.28. The zero-order chi connectivity index (χ0) is 16.9. The summed E-state index contributed by atoms with van der Waals surface area (Å²) in [6, 6.07) is 11.7. The number of carbonyl (C=O) groups excluding carboxylic acids is 1. The predicted molar refractivity (Wildman–Crippen MR) is 89.4 cm³/mol. The van der Waals surface area contributed by atoms with Gasteiger partial charge in [-0.25, -0.2) is 0 Å². The molecule has 3 aromatic rings. The quantitative estimate of drug-likeness (QED) is 0.688. The Morgan fingerprint density at radius 1 is 1.12 bits per heavy atom. The summed E-state index contributed by atoms with van der Waals surface area (Å²) in [6.45, 7) is 0.419. The van der Waals surface area contributed by atoms with E-state index in [0.717, 1.165) is 0 Å². The lowest BCUT2D eigenvalue weighted by Gasteiger charge is -2.06. The zero-order valence-corrected chi connectivity index (χ0v) is 13.9. The van der Waals surface area contributed by atoms with E-state index in [2.05, 4.69) is 5.32 Å². The third-order valence-electron chi connectivity index (χ3n) is 3.15. The van der Waals surface area contributed by atoms with Crippen LogP contribution in [0.3, 0.4) is 0 Å². The second-order valence-electron chi connectivity index (χ2n) is 4.89. The van der Waals surface area contributed by atoms with Crippen molar-refractivity contribution in [2.75, 3.05) is 0 Å². The zero-order valence-electron chi connectivity index (χ0n) is 12.4. The van der Waals surface area contributed by atoms with E-state index in [4.69, 9.17) is 36.8 Å². The molecular weight excluding hydrogens is 353 g/mol. The number of carbonyl (C=O) groups is 1. The molecule has 124 valence electrons. The van der Waals surface area contributed by atoms with Gasteiger partial charge in [-0.05, 0) is 36.4 Å². The molecule has 0 radical (unpaired) electrons. The van der Waals surface area contributed by atoms with Crippen LogP contribution in [0.1, 0.15) is 22.1 Å². The van der Waals surface area contributed by atoms with Crippen molar-refractivity contribution in [2.45, 2.75) is 13.2 Å². The number of halogens is 2. The van der Waals surface area contributed by atoms with Crippen LogP contribution < -0.4 is 10.1 Å². The fourth-order valence-corrected chi connectivity index (χ4v) is 2.32. The Hall–Kier alpha value is -2.37. The van der Waals surface area contributed by atoms with Gasteiger partial charge in [0.25, 0.3) is 5.91 Å². The summed E-state index contributed by atoms with van der Waals surface area (Å²) in [5.74, 6) is 1.46. The molecule has 2 aromatic heterocycles. The van der Waals surface area contributed by atoms with Crippen molar-refractivity contribution >= 4 is 29.1 Å². The van der Waals surface area contributed by atoms with Crippen LogP contribution in [-0.4, -0.2) is 5.91 Å². The number of benzene rings is 1. The molecule has 0 bridgehead atoms. The number of furan rings is 2. The molecule has 5 nitrogen and oxygen atoms in total. The Morgan fingerprint density at radius 2 is 2.00 bits per heavy atom. The van der Waals surface area contributed by atoms with E-state index in [9.17, 15) is 4.79 Å². The number of rotatable bonds is 6. The normalized spacial score (nSPS) is 10.6. The van der Waals surface area contributed by atoms with E-state index < -0.39 is 0 Å². The van der Waals surface area contributed by atoms with Gasteiger partial charge in [-0.15, -0.1) is 0 Å². The second kappa shape index (κ2) is 7.47. The van der Waals surface area contributed by atoms with E-state index in [1.807, 2.05) is 0 Å². The van der Waals surface area contributed by atoms with E-state index in [1.165, 1.54) is 0 Å². The Balaban J connectivity index is 1.57. The summed E-state index contributed by atoms with van der Waals surface area (Å²) in [5.41, 5.74) is 0. The molecule has 0 unspecified atom stereocenters. The minimum atomic E-state index is -0.335. The summed E-state index contributed by atoms with van der Waals surface area (Å²) >= 11 is 11.9. The summed E-state index contributed by atoms with van der Waals surface area (Å²) in [5, 5.41) is 3.67. The lowest BCUT2D eigenvalue weighted by atomic mass is 10.3. The molecule has 3 rings (SSSR count). The van der Waals surface area contributed by atoms with Crippen LogP contribution in [-0.2, 0) is 13.2 Å². The van der Waals surface area contributed by atoms with E-state index in [1.54, 1.807) is 48.7 Å². The Kier molecular flexibility index (Phi) is 5.13. The lowest BCUT2D eigenvalue weighted by Crippen LogP contribution is -2.21. The van der Waals surface area contributed by atoms with E-state index in [-0.39, 0.29) is 24.8 Å². The predicted octanol–water partition coefficient (Wildman–Crippen LogP) is 4.69. The largest absolute Gasteiger partial charge is 0.484 e. The van der Waals surface area contributed by atoms with Crippen LogP contribution in [0.2, 0.25) is 10.0 Å². The third kappa shape index (κ3) is 4.13. The molecule has 24 heavy (non-hydrogen) atoms. The van der Waals surface area contributed by atoms with Crippen LogP contribution in [0.5, 0.6) is 5.75 Å². The molecule has 0 aliphatic heterocycles. The van der Waals surface area contributed by atoms with Crippen molar-refractivity contribution in [1.82, 2.24) is 5.32 Å². The molecule has 1 N–H and O–H groups in total. The minimum absolute atomic E-state index is 0.130. The first-order chi connectivity index (χ1) is 11.6. The van der Waals surface area contributed by atoms with Gasteiger partial charge in [0.2, 0.25) is 0 Å². The highest BCUT2D eigenvalue weighted by atomic mass is 35.5. The molecule has 0 saturated heterocycles. The van der Waals surface area contributed by atoms with Gasteiger partial charge in [0, 0.05) is 11.1 Å². The highest BCUT2D eigenvalue weighted by Gasteiger charge is 2.12. The molecule has 0 aliphatic carbocycles. The van der Waals surface area contributed by atoms with Crippen molar-refractivity contribution in [3.8, 4) is 5.75 Å². The Bertz CT molecular complexity index is 827. The fraction of sp³-hybridized carbons (Fsp3) is 0.118. The van der Waals surface area contributed by atoms with Gasteiger partial charge in [-0.1, -0.05) is 23.2 Å². The maximum atomic E-state index is 12.0. The molecule has 0 spiro atoms. The van der Waals surface area contributed by atoms with Crippen LogP contribution in [0, 0.1) is 0 Å². The maximum absolute atomic E-state index is 12.0. The molecule has 1 amide bonds. The standard InChI is InChI=1S/C17H13Cl2NO4/c18-11-3-5-14(19)16(8-11)23-10-13-4-6-15(24-13)17(21)20-9-12-2-1-7-22-12/h1-8H,9-10H2,(H,20,21). The van der Waals surface area contributed by atoms with Gasteiger partial charge in [0.05, 0.1) is 17.8 Å². The van der Waals surface area contributed by atoms with Crippen molar-refractivity contribution in [2.24, 2.45) is 0 Å². The first-order valence-electron chi connectivity index (χ1n) is 7.09. The lowest BCUT2D eigenvalue weighted by molar-refractivity contribution is 0.0916. The monoisotopic (exact) mass is 365 g/mol. The smallest absolute Gasteiger partial charge is 0.287 e. The number of nitrogens with one attached hydrogen (secondary N) is 1. The summed E-state index contributed by atoms with van der Waals surface area (Å²) < 4.78 is 16.2. The van der Waals surface area contributed by atoms with Gasteiger partial charge in [0.15, 0.2) is 5.76 Å². The molecule has 0 aliphatic rings. The van der Waals surface area contributed by atoms with Crippen LogP contribution in [0.4, 0.5) is 0 Å². The van der Waals surface area contributed by atoms with Crippen LogP contribution >= 0.6 is 23.2 Å². The molecule has 0 fully saturated rings. The topological polar surface area (TPSA) is 64.6 Å². The van der Waals surface area contributed by atoms with Crippen LogP contribution in [0.15, 0.2) is 57.6 Å². The van der Waals surface area contributed by atoms with Gasteiger partial charge >= 0.3 is 0 Å². The molecule has 1 aromatic carbocycles. The van der Waals surface area contributed by atoms with Gasteiger partial charge in [0.1, 0.15) is 23.9 Å². The average molecular weight is 366 g/mol. The first kappa shape index (κ1) is 16.5. The molecular formula is C17H13Cl2NO4. The van der Waals surface area contributed by atoms with E-state index in [0.29, 0.717) is 27.3 Å². The summed E-state index contributed by atoms with van der Waals surface area (Å²) in [4.78, 5) is 12.0. The molecule has 2 heterocycles. The maximum Gasteiger partial charge on any atom is 0.287 e. The van der Waals surface area contributed by atoms with Gasteiger partial charge < -0.3 is 18.9 Å². The van der Waals surface area contributed by atoms with Crippen molar-refractivity contribution in [1.29, 1.82) is 0 Å². The average Bonchev–Trinajstić information content (AvgIpc) is 3.25. The molecule has 7 heteroatoms. The Morgan fingerprint density at radius 3 is 2.79 bits per heavy atom. The Labute approximate surface area is 148 Å². The first-order valence-corrected chi connectivity index (χ1v) is 7.84. The number of amides is 1. The van der Waals surface area contributed by atoms with Crippen molar-refractivity contribution in [3.63, 3.8) is 0 Å². The van der Waals surface area contributed by atoms with Crippen molar-refractivity contribution in [3.05, 3.63) is 76.1 Å². The number of ether oxygens (including phenoxy) is 1. The summed E-state index contributed by atoms with van der Waals surface area (Å²) in [6.07, 6.45) is 1.55.